The second-order valence-electron chi connectivity index (χ2n) is 2.91. The summed E-state index contributed by atoms with van der Waals surface area (Å²) in [6, 6.07) is 0. The van der Waals surface area contributed by atoms with E-state index in [2.05, 4.69) is 16.0 Å². The van der Waals surface area contributed by atoms with Crippen molar-refractivity contribution in [2.75, 3.05) is 6.61 Å². The van der Waals surface area contributed by atoms with Crippen molar-refractivity contribution in [3.8, 4) is 0 Å². The minimum absolute atomic E-state index is 0.315. The second-order valence-corrected chi connectivity index (χ2v) is 4.65. The van der Waals surface area contributed by atoms with Crippen LogP contribution in [0.3, 0.4) is 0 Å². The Kier molecular flexibility index (Phi) is 2.59. The van der Waals surface area contributed by atoms with Gasteiger partial charge in [0.05, 0.1) is 0 Å². The van der Waals surface area contributed by atoms with Crippen molar-refractivity contribution >= 4 is 16.0 Å². The Morgan fingerprint density at radius 2 is 2.09 bits per heavy atom. The summed E-state index contributed by atoms with van der Waals surface area (Å²) in [5.74, 6) is 0. The molecule has 1 aliphatic rings. The van der Waals surface area contributed by atoms with Crippen molar-refractivity contribution in [2.45, 2.75) is 29.0 Å². The molecule has 0 heterocycles. The first-order valence-electron chi connectivity index (χ1n) is 3.40. The van der Waals surface area contributed by atoms with Gasteiger partial charge in [0.2, 0.25) is 0 Å². The zero-order chi connectivity index (χ0) is 8.65. The van der Waals surface area contributed by atoms with Crippen LogP contribution in [-0.4, -0.2) is 61.4 Å². The molecule has 0 saturated heterocycles. The third-order valence-electron chi connectivity index (χ3n) is 2.16. The molecule has 0 unspecified atom stereocenters. The predicted molar refractivity (Wildman–Crippen MR) is 39.6 cm³/mol. The van der Waals surface area contributed by atoms with Crippen LogP contribution in [-0.2, 0) is 0 Å². The molecule has 4 atom stereocenters. The van der Waals surface area contributed by atoms with Gasteiger partial charge in [0.25, 0.3) is 0 Å². The normalized spacial score (nSPS) is 46.6. The summed E-state index contributed by atoms with van der Waals surface area (Å²) in [4.78, 5) is 0. The number of rotatable bonds is 2. The summed E-state index contributed by atoms with van der Waals surface area (Å²) in [5, 5.41) is 35.9. The van der Waals surface area contributed by atoms with Crippen molar-refractivity contribution in [1.82, 2.24) is 0 Å². The van der Waals surface area contributed by atoms with Crippen LogP contribution in [0, 0.1) is 0 Å². The van der Waals surface area contributed by atoms with E-state index in [1.807, 2.05) is 0 Å². The summed E-state index contributed by atoms with van der Waals surface area (Å²) in [6.07, 6.45) is -2.36. The van der Waals surface area contributed by atoms with Crippen LogP contribution in [0.25, 0.3) is 0 Å². The fourth-order valence-electron chi connectivity index (χ4n) is 1.23. The number of aliphatic hydroxyl groups is 4. The van der Waals surface area contributed by atoms with E-state index in [-0.39, 0.29) is 0 Å². The summed E-state index contributed by atoms with van der Waals surface area (Å²) < 4.78 is -0.791. The first kappa shape index (κ1) is 9.45. The Morgan fingerprint density at radius 1 is 1.55 bits per heavy atom. The van der Waals surface area contributed by atoms with Crippen LogP contribution in [0.1, 0.15) is 6.42 Å². The molecule has 1 fully saturated rings. The average Bonchev–Trinajstić information content (AvgIpc) is 2.02. The van der Waals surface area contributed by atoms with Gasteiger partial charge in [-0.05, 0) is 0 Å². The molecule has 0 aromatic carbocycles. The molecule has 0 aliphatic heterocycles. The third kappa shape index (κ3) is 1.33. The van der Waals surface area contributed by atoms with Gasteiger partial charge in [0.15, 0.2) is 0 Å². The number of hydrogen-bond acceptors (Lipinski definition) is 4. The van der Waals surface area contributed by atoms with Crippen LogP contribution >= 0.6 is 0 Å². The van der Waals surface area contributed by atoms with E-state index in [9.17, 15) is 10.2 Å². The van der Waals surface area contributed by atoms with E-state index in [1.54, 1.807) is 0 Å². The zero-order valence-corrected chi connectivity index (χ0v) is 7.76. The molecule has 0 aromatic heterocycles. The Hall–Kier alpha value is 0.359. The average molecular weight is 227 g/mol. The first-order valence-corrected chi connectivity index (χ1v) is 4.33. The Morgan fingerprint density at radius 3 is 2.36 bits per heavy atom. The van der Waals surface area contributed by atoms with Crippen molar-refractivity contribution in [1.29, 1.82) is 0 Å². The molecular weight excluding hydrogens is 215 g/mol. The summed E-state index contributed by atoms with van der Waals surface area (Å²) in [6.45, 7) is -0.390. The Balaban J connectivity index is 2.56. The first-order chi connectivity index (χ1) is 5.02. The van der Waals surface area contributed by atoms with Crippen LogP contribution in [0.4, 0.5) is 0 Å². The maximum absolute atomic E-state index is 9.20. The predicted octanol–water partition coefficient (Wildman–Crippen LogP) is -2.48. The van der Waals surface area contributed by atoms with Gasteiger partial charge < -0.3 is 0 Å². The monoisotopic (exact) mass is 228 g/mol. The second kappa shape index (κ2) is 3.01. The number of aliphatic hydroxyl groups excluding tert-OH is 4. The minimum atomic E-state index is -0.971. The van der Waals surface area contributed by atoms with Crippen LogP contribution < -0.4 is 0 Å². The van der Waals surface area contributed by atoms with Crippen LogP contribution in [0.2, 0.25) is 4.31 Å². The van der Waals surface area contributed by atoms with Gasteiger partial charge in [-0.1, -0.05) is 0 Å². The quantitative estimate of drug-likeness (QED) is 0.394. The zero-order valence-electron chi connectivity index (χ0n) is 5.88. The molecule has 1 saturated carbocycles. The van der Waals surface area contributed by atoms with Gasteiger partial charge in [0, 0.05) is 0 Å². The molecule has 5 heteroatoms. The molecule has 0 aromatic rings. The van der Waals surface area contributed by atoms with E-state index in [4.69, 9.17) is 10.2 Å². The van der Waals surface area contributed by atoms with Gasteiger partial charge in [-0.2, -0.15) is 0 Å². The standard InChI is InChI=1S/C6H12O4Se/c7-2-4(9)6(11)1-3(8)5(6)10/h3-5,7-11H,1-2H2/t3-,4+,5+,6+/m0/s1. The van der Waals surface area contributed by atoms with Gasteiger partial charge in [-0.25, -0.2) is 0 Å². The molecule has 0 amide bonds. The fourth-order valence-corrected chi connectivity index (χ4v) is 2.16. The molecule has 11 heavy (non-hydrogen) atoms. The van der Waals surface area contributed by atoms with E-state index in [0.29, 0.717) is 6.42 Å². The molecule has 66 valence electrons. The molecule has 4 nitrogen and oxygen atoms in total. The Labute approximate surface area is 72.7 Å². The van der Waals surface area contributed by atoms with Crippen molar-refractivity contribution in [3.63, 3.8) is 0 Å². The molecule has 1 aliphatic carbocycles. The summed E-state index contributed by atoms with van der Waals surface area (Å²) >= 11 is 2.12. The Bertz CT molecular complexity index is 148. The molecular formula is C6H12O4Se. The maximum atomic E-state index is 9.20. The van der Waals surface area contributed by atoms with Crippen LogP contribution in [0.5, 0.6) is 0 Å². The van der Waals surface area contributed by atoms with E-state index < -0.39 is 29.2 Å². The van der Waals surface area contributed by atoms with Crippen LogP contribution in [0.15, 0.2) is 0 Å². The van der Waals surface area contributed by atoms with Gasteiger partial charge in [-0.3, -0.25) is 0 Å². The molecule has 0 radical (unpaired) electrons. The topological polar surface area (TPSA) is 80.9 Å². The van der Waals surface area contributed by atoms with Crippen molar-refractivity contribution in [2.24, 2.45) is 0 Å². The van der Waals surface area contributed by atoms with E-state index >= 15 is 0 Å². The summed E-state index contributed by atoms with van der Waals surface area (Å²) in [5.41, 5.74) is 0. The number of hydrogen-bond donors (Lipinski definition) is 4. The molecule has 0 bridgehead atoms. The summed E-state index contributed by atoms with van der Waals surface area (Å²) in [7, 11) is 0. The molecule has 1 rings (SSSR count). The SMILES string of the molecule is OC[C@@H](O)[C@]1([SeH])C[C@H](O)[C@H]1O. The van der Waals surface area contributed by atoms with E-state index in [1.165, 1.54) is 0 Å². The van der Waals surface area contributed by atoms with Gasteiger partial charge >= 0.3 is 72.1 Å². The van der Waals surface area contributed by atoms with Crippen molar-refractivity contribution < 1.29 is 20.4 Å². The van der Waals surface area contributed by atoms with Gasteiger partial charge in [-0.15, -0.1) is 0 Å². The third-order valence-corrected chi connectivity index (χ3v) is 3.73. The molecule has 0 spiro atoms. The molecule has 4 N–H and O–H groups in total. The fraction of sp³-hybridized carbons (Fsp3) is 1.00. The van der Waals surface area contributed by atoms with Gasteiger partial charge in [0.1, 0.15) is 0 Å². The van der Waals surface area contributed by atoms with E-state index in [0.717, 1.165) is 0 Å². The van der Waals surface area contributed by atoms with Crippen molar-refractivity contribution in [3.05, 3.63) is 0 Å².